The molecule has 0 radical (unpaired) electrons. The van der Waals surface area contributed by atoms with Crippen LogP contribution in [0.4, 0.5) is 0 Å². The van der Waals surface area contributed by atoms with E-state index in [1.807, 2.05) is 0 Å². The van der Waals surface area contributed by atoms with E-state index >= 15 is 0 Å². The summed E-state index contributed by atoms with van der Waals surface area (Å²) in [5, 5.41) is 11.1. The lowest BCUT2D eigenvalue weighted by Crippen LogP contribution is -2.50. The molecule has 1 aliphatic rings. The van der Waals surface area contributed by atoms with Crippen LogP contribution in [0.15, 0.2) is 53.7 Å². The molecule has 0 N–H and O–H groups in total. The lowest BCUT2D eigenvalue weighted by Gasteiger charge is -2.34. The third kappa shape index (κ3) is 3.45. The molecule has 1 amide bonds. The van der Waals surface area contributed by atoms with E-state index in [1.165, 1.54) is 15.3 Å². The van der Waals surface area contributed by atoms with Crippen molar-refractivity contribution in [2.75, 3.05) is 26.2 Å². The Hall–Kier alpha value is -3.29. The van der Waals surface area contributed by atoms with Crippen molar-refractivity contribution < 1.29 is 13.2 Å². The van der Waals surface area contributed by atoms with E-state index in [-0.39, 0.29) is 37.0 Å². The Balaban J connectivity index is 1.36. The van der Waals surface area contributed by atoms with Gasteiger partial charge in [-0.1, -0.05) is 18.2 Å². The zero-order chi connectivity index (χ0) is 21.4. The lowest BCUT2D eigenvalue weighted by molar-refractivity contribution is 0.0697. The smallest absolute Gasteiger partial charge is 0.256 e. The van der Waals surface area contributed by atoms with E-state index in [0.29, 0.717) is 22.3 Å². The zero-order valence-corrected chi connectivity index (χ0v) is 17.7. The van der Waals surface area contributed by atoms with Gasteiger partial charge in [-0.15, -0.1) is 5.10 Å². The van der Waals surface area contributed by atoms with Crippen LogP contribution in [0, 0.1) is 0 Å². The Bertz CT molecular complexity index is 1350. The molecule has 1 saturated heterocycles. The first-order valence-corrected chi connectivity index (χ1v) is 11.6. The lowest BCUT2D eigenvalue weighted by atomic mass is 10.1. The molecular weight excluding hydrogens is 440 g/mol. The standard InChI is InChI=1S/C18H16N8O3S2/c27-18(13-4-1-2-6-15(13)26-12-19-22-23-26)24-8-10-25(11-9-24)31(28,29)16-7-3-5-14-17(16)21-30-20-14/h1-7,12H,8-11H2. The van der Waals surface area contributed by atoms with Crippen LogP contribution in [0.1, 0.15) is 10.4 Å². The monoisotopic (exact) mass is 456 g/mol. The number of rotatable bonds is 4. The summed E-state index contributed by atoms with van der Waals surface area (Å²) in [6.07, 6.45) is 1.42. The molecule has 11 nitrogen and oxygen atoms in total. The average Bonchev–Trinajstić information content (AvgIpc) is 3.50. The number of sulfonamides is 1. The molecule has 0 atom stereocenters. The Morgan fingerprint density at radius 2 is 1.77 bits per heavy atom. The molecule has 0 saturated carbocycles. The summed E-state index contributed by atoms with van der Waals surface area (Å²) in [6, 6.07) is 12.0. The van der Waals surface area contributed by atoms with Gasteiger partial charge in [0.1, 0.15) is 22.3 Å². The number of benzene rings is 2. The van der Waals surface area contributed by atoms with Gasteiger partial charge in [-0.05, 0) is 34.7 Å². The van der Waals surface area contributed by atoms with Crippen molar-refractivity contribution in [3.63, 3.8) is 0 Å². The largest absolute Gasteiger partial charge is 0.336 e. The van der Waals surface area contributed by atoms with Gasteiger partial charge in [0.05, 0.1) is 23.0 Å². The minimum Gasteiger partial charge on any atom is -0.336 e. The number of aromatic nitrogens is 6. The maximum absolute atomic E-state index is 13.2. The molecule has 0 unspecified atom stereocenters. The number of tetrazole rings is 1. The van der Waals surface area contributed by atoms with Gasteiger partial charge in [0.15, 0.2) is 0 Å². The number of hydrogen-bond acceptors (Lipinski definition) is 9. The van der Waals surface area contributed by atoms with E-state index < -0.39 is 10.0 Å². The van der Waals surface area contributed by atoms with Crippen LogP contribution in [-0.2, 0) is 10.0 Å². The highest BCUT2D eigenvalue weighted by Crippen LogP contribution is 2.25. The minimum absolute atomic E-state index is 0.141. The molecule has 1 fully saturated rings. The third-order valence-electron chi connectivity index (χ3n) is 5.12. The maximum Gasteiger partial charge on any atom is 0.256 e. The molecule has 4 aromatic rings. The highest BCUT2D eigenvalue weighted by Gasteiger charge is 2.32. The quantitative estimate of drug-likeness (QED) is 0.442. The normalized spacial score (nSPS) is 15.4. The first-order valence-electron chi connectivity index (χ1n) is 9.39. The highest BCUT2D eigenvalue weighted by atomic mass is 32.2. The van der Waals surface area contributed by atoms with Crippen LogP contribution in [0.2, 0.25) is 0 Å². The van der Waals surface area contributed by atoms with Crippen molar-refractivity contribution in [1.29, 1.82) is 0 Å². The molecule has 5 rings (SSSR count). The van der Waals surface area contributed by atoms with Crippen LogP contribution < -0.4 is 0 Å². The van der Waals surface area contributed by atoms with Gasteiger partial charge in [0.2, 0.25) is 10.0 Å². The molecule has 2 aromatic carbocycles. The highest BCUT2D eigenvalue weighted by molar-refractivity contribution is 7.89. The second-order valence-corrected chi connectivity index (χ2v) is 9.29. The van der Waals surface area contributed by atoms with Crippen LogP contribution in [-0.4, -0.2) is 78.7 Å². The zero-order valence-electron chi connectivity index (χ0n) is 16.1. The Labute approximate surface area is 181 Å². The summed E-state index contributed by atoms with van der Waals surface area (Å²) in [7, 11) is -3.75. The van der Waals surface area contributed by atoms with Gasteiger partial charge in [-0.25, -0.2) is 8.42 Å². The van der Waals surface area contributed by atoms with Gasteiger partial charge >= 0.3 is 0 Å². The van der Waals surface area contributed by atoms with Crippen LogP contribution in [0.5, 0.6) is 0 Å². The number of piperazine rings is 1. The molecular formula is C18H16N8O3S2. The Morgan fingerprint density at radius 3 is 2.55 bits per heavy atom. The topological polar surface area (TPSA) is 127 Å². The number of carbonyl (C=O) groups excluding carboxylic acids is 1. The fourth-order valence-electron chi connectivity index (χ4n) is 3.56. The predicted octanol–water partition coefficient (Wildman–Crippen LogP) is 0.814. The summed E-state index contributed by atoms with van der Waals surface area (Å²) in [4.78, 5) is 14.9. The molecule has 13 heteroatoms. The van der Waals surface area contributed by atoms with Crippen molar-refractivity contribution >= 4 is 38.7 Å². The number of fused-ring (bicyclic) bond motifs is 1. The molecule has 0 bridgehead atoms. The van der Waals surface area contributed by atoms with E-state index in [0.717, 1.165) is 11.7 Å². The van der Waals surface area contributed by atoms with Gasteiger partial charge in [0, 0.05) is 26.2 Å². The van der Waals surface area contributed by atoms with E-state index in [1.54, 1.807) is 47.4 Å². The first kappa shape index (κ1) is 19.7. The molecule has 1 aliphatic heterocycles. The number of hydrogen-bond donors (Lipinski definition) is 0. The Kier molecular flexibility index (Phi) is 4.92. The second-order valence-electron chi connectivity index (χ2n) is 6.86. The number of para-hydroxylation sites is 1. The molecule has 31 heavy (non-hydrogen) atoms. The van der Waals surface area contributed by atoms with Gasteiger partial charge in [0.25, 0.3) is 5.91 Å². The summed E-state index contributed by atoms with van der Waals surface area (Å²) in [5.74, 6) is -0.200. The average molecular weight is 457 g/mol. The molecule has 3 heterocycles. The summed E-state index contributed by atoms with van der Waals surface area (Å²) < 4.78 is 37.4. The van der Waals surface area contributed by atoms with Crippen LogP contribution >= 0.6 is 11.7 Å². The summed E-state index contributed by atoms with van der Waals surface area (Å²) in [5.41, 5.74) is 1.94. The van der Waals surface area contributed by atoms with E-state index in [9.17, 15) is 13.2 Å². The van der Waals surface area contributed by atoms with Crippen molar-refractivity contribution in [3.8, 4) is 5.69 Å². The number of amides is 1. The third-order valence-corrected chi connectivity index (χ3v) is 7.60. The van der Waals surface area contributed by atoms with Crippen molar-refractivity contribution in [3.05, 3.63) is 54.4 Å². The van der Waals surface area contributed by atoms with Crippen LogP contribution in [0.25, 0.3) is 16.7 Å². The number of nitrogens with zero attached hydrogens (tertiary/aromatic N) is 8. The maximum atomic E-state index is 13.2. The second kappa shape index (κ2) is 7.76. The summed E-state index contributed by atoms with van der Waals surface area (Å²) >= 11 is 0.980. The summed E-state index contributed by atoms with van der Waals surface area (Å²) in [6.45, 7) is 0.921. The minimum atomic E-state index is -3.75. The van der Waals surface area contributed by atoms with Crippen molar-refractivity contribution in [2.24, 2.45) is 0 Å². The number of carbonyl (C=O) groups is 1. The molecule has 158 valence electrons. The van der Waals surface area contributed by atoms with Gasteiger partial charge < -0.3 is 4.90 Å². The van der Waals surface area contributed by atoms with Crippen molar-refractivity contribution in [1.82, 2.24) is 38.2 Å². The van der Waals surface area contributed by atoms with E-state index in [4.69, 9.17) is 0 Å². The van der Waals surface area contributed by atoms with Crippen molar-refractivity contribution in [2.45, 2.75) is 4.90 Å². The SMILES string of the molecule is O=C(c1ccccc1-n1cnnn1)N1CCN(S(=O)(=O)c2cccc3nsnc23)CC1. The predicted molar refractivity (Wildman–Crippen MR) is 111 cm³/mol. The fourth-order valence-corrected chi connectivity index (χ4v) is 5.73. The van der Waals surface area contributed by atoms with Gasteiger partial charge in [-0.3, -0.25) is 4.79 Å². The first-order chi connectivity index (χ1) is 15.1. The van der Waals surface area contributed by atoms with E-state index in [2.05, 4.69) is 24.3 Å². The van der Waals surface area contributed by atoms with Crippen LogP contribution in [0.3, 0.4) is 0 Å². The molecule has 0 aliphatic carbocycles. The molecule has 0 spiro atoms. The molecule has 2 aromatic heterocycles. The van der Waals surface area contributed by atoms with Gasteiger partial charge in [-0.2, -0.15) is 17.7 Å². The fraction of sp³-hybridized carbons (Fsp3) is 0.222. The Morgan fingerprint density at radius 1 is 0.968 bits per heavy atom.